The number of benzene rings is 2. The monoisotopic (exact) mass is 587 g/mol. The van der Waals surface area contributed by atoms with E-state index in [4.69, 9.17) is 9.47 Å². The van der Waals surface area contributed by atoms with Crippen LogP contribution in [0.2, 0.25) is 0 Å². The quantitative estimate of drug-likeness (QED) is 0.147. The Morgan fingerprint density at radius 2 is 1.90 bits per heavy atom. The molecule has 1 fully saturated rings. The van der Waals surface area contributed by atoms with Gasteiger partial charge in [-0.2, -0.15) is 0 Å². The van der Waals surface area contributed by atoms with E-state index in [0.29, 0.717) is 56.3 Å². The number of fused-ring (bicyclic) bond motifs is 1. The molecule has 220 valence electrons. The van der Waals surface area contributed by atoms with Gasteiger partial charge >= 0.3 is 0 Å². The van der Waals surface area contributed by atoms with E-state index in [-0.39, 0.29) is 23.8 Å². The fraction of sp³-hybridized carbons (Fsp3) is 0.375. The molecular weight excluding hydrogens is 550 g/mol. The van der Waals surface area contributed by atoms with E-state index >= 15 is 0 Å². The summed E-state index contributed by atoms with van der Waals surface area (Å²) in [6, 6.07) is 17.2. The zero-order valence-corrected chi connectivity index (χ0v) is 24.8. The Hall–Kier alpha value is -3.89. The molecule has 10 heteroatoms. The lowest BCUT2D eigenvalue weighted by atomic mass is 9.98. The molecule has 0 radical (unpaired) electrons. The second kappa shape index (κ2) is 14.3. The van der Waals surface area contributed by atoms with Gasteiger partial charge in [-0.05, 0) is 62.6 Å². The van der Waals surface area contributed by atoms with Gasteiger partial charge in [-0.3, -0.25) is 9.59 Å². The van der Waals surface area contributed by atoms with Gasteiger partial charge in [0, 0.05) is 36.0 Å². The molecule has 2 amide bonds. The Kier molecular flexibility index (Phi) is 10.1. The zero-order chi connectivity index (χ0) is 29.3. The van der Waals surface area contributed by atoms with Gasteiger partial charge in [0.05, 0.1) is 41.7 Å². The highest BCUT2D eigenvalue weighted by Crippen LogP contribution is 2.32. The summed E-state index contributed by atoms with van der Waals surface area (Å²) in [5, 5.41) is 7.27. The topological polar surface area (TPSA) is 118 Å². The van der Waals surface area contributed by atoms with Crippen LogP contribution < -0.4 is 15.4 Å². The number of aromatic amines is 1. The van der Waals surface area contributed by atoms with Gasteiger partial charge in [0.1, 0.15) is 5.82 Å². The smallest absolute Gasteiger partial charge is 0.252 e. The summed E-state index contributed by atoms with van der Waals surface area (Å²) < 4.78 is 11.1. The molecule has 0 unspecified atom stereocenters. The van der Waals surface area contributed by atoms with Gasteiger partial charge in [-0.1, -0.05) is 30.3 Å². The van der Waals surface area contributed by atoms with Crippen LogP contribution in [0, 0.1) is 5.92 Å². The van der Waals surface area contributed by atoms with Crippen molar-refractivity contribution >= 4 is 34.5 Å². The van der Waals surface area contributed by atoms with E-state index in [1.807, 2.05) is 60.9 Å². The number of thioether (sulfide) groups is 1. The zero-order valence-electron chi connectivity index (χ0n) is 24.0. The molecule has 3 N–H and O–H groups in total. The van der Waals surface area contributed by atoms with Crippen molar-refractivity contribution < 1.29 is 19.1 Å². The molecule has 5 rings (SSSR count). The summed E-state index contributed by atoms with van der Waals surface area (Å²) in [5.41, 5.74) is 3.11. The first-order chi connectivity index (χ1) is 20.6. The fourth-order valence-electron chi connectivity index (χ4n) is 5.23. The third-order valence-corrected chi connectivity index (χ3v) is 8.36. The molecule has 1 aliphatic heterocycles. The van der Waals surface area contributed by atoms with Crippen LogP contribution in [0.1, 0.15) is 54.3 Å². The number of hydrogen-bond acceptors (Lipinski definition) is 7. The van der Waals surface area contributed by atoms with Crippen LogP contribution in [0.15, 0.2) is 65.7 Å². The number of amides is 2. The summed E-state index contributed by atoms with van der Waals surface area (Å²) in [6.45, 7) is 1.75. The van der Waals surface area contributed by atoms with Crippen molar-refractivity contribution in [3.63, 3.8) is 0 Å². The van der Waals surface area contributed by atoms with E-state index in [0.717, 1.165) is 39.9 Å². The predicted molar refractivity (Wildman–Crippen MR) is 165 cm³/mol. The third-order valence-electron chi connectivity index (χ3n) is 7.56. The molecular formula is C32H37N5O4S. The van der Waals surface area contributed by atoms with Crippen molar-refractivity contribution in [2.45, 2.75) is 43.0 Å². The molecule has 1 atom stereocenters. The normalized spacial score (nSPS) is 14.4. The number of aromatic nitrogens is 3. The first-order valence-electron chi connectivity index (χ1n) is 14.4. The van der Waals surface area contributed by atoms with Crippen LogP contribution in [0.5, 0.6) is 5.88 Å². The van der Waals surface area contributed by atoms with E-state index < -0.39 is 0 Å². The van der Waals surface area contributed by atoms with E-state index in [1.54, 1.807) is 25.1 Å². The van der Waals surface area contributed by atoms with Crippen molar-refractivity contribution in [1.29, 1.82) is 0 Å². The highest BCUT2D eigenvalue weighted by molar-refractivity contribution is 7.98. The minimum Gasteiger partial charge on any atom is -0.480 e. The van der Waals surface area contributed by atoms with Gasteiger partial charge in [0.15, 0.2) is 0 Å². The molecule has 1 aliphatic rings. The van der Waals surface area contributed by atoms with E-state index in [9.17, 15) is 9.59 Å². The number of nitrogens with one attached hydrogen (secondary N) is 3. The van der Waals surface area contributed by atoms with Crippen LogP contribution in [-0.2, 0) is 9.53 Å². The molecule has 3 heterocycles. The number of hydrogen-bond donors (Lipinski definition) is 3. The van der Waals surface area contributed by atoms with Crippen LogP contribution in [0.3, 0.4) is 0 Å². The highest BCUT2D eigenvalue weighted by atomic mass is 32.2. The molecule has 1 saturated heterocycles. The molecule has 0 bridgehead atoms. The van der Waals surface area contributed by atoms with Crippen LogP contribution in [0.4, 0.5) is 0 Å². The fourth-order valence-corrected chi connectivity index (χ4v) is 5.82. The number of H-pyrrole nitrogens is 1. The maximum Gasteiger partial charge on any atom is 0.252 e. The van der Waals surface area contributed by atoms with Gasteiger partial charge in [-0.25, -0.2) is 9.97 Å². The number of rotatable bonds is 12. The molecule has 42 heavy (non-hydrogen) atoms. The standard InChI is InChI=1S/C32H37N5O4S/c1-40-32-24(19-22-9-3-5-11-25(22)37-32)27-20-34-29(35-27)26(36-30(38)21-14-17-41-18-15-21)12-7-8-16-33-31(39)23-10-4-6-13-28(23)42-2/h3-6,9-11,13,19-21,26H,7-8,12,14-18H2,1-2H3,(H,33,39)(H,34,35)(H,36,38)/t26-/m0/s1. The lowest BCUT2D eigenvalue weighted by Crippen LogP contribution is -2.37. The van der Waals surface area contributed by atoms with Crippen molar-refractivity contribution in [2.24, 2.45) is 5.92 Å². The largest absolute Gasteiger partial charge is 0.480 e. The van der Waals surface area contributed by atoms with Crippen molar-refractivity contribution in [2.75, 3.05) is 33.1 Å². The molecule has 9 nitrogen and oxygen atoms in total. The van der Waals surface area contributed by atoms with Gasteiger partial charge < -0.3 is 25.1 Å². The number of pyridine rings is 1. The van der Waals surface area contributed by atoms with Crippen molar-refractivity contribution in [3.8, 4) is 17.1 Å². The minimum atomic E-state index is -0.304. The highest BCUT2D eigenvalue weighted by Gasteiger charge is 2.26. The Labute approximate surface area is 250 Å². The summed E-state index contributed by atoms with van der Waals surface area (Å²) in [6.07, 6.45) is 7.39. The maximum absolute atomic E-state index is 13.2. The summed E-state index contributed by atoms with van der Waals surface area (Å²) in [4.78, 5) is 39.6. The Bertz CT molecular complexity index is 1520. The number of imidazole rings is 1. The van der Waals surface area contributed by atoms with Crippen LogP contribution in [0.25, 0.3) is 22.2 Å². The summed E-state index contributed by atoms with van der Waals surface area (Å²) in [5.74, 6) is 1.06. The molecule has 0 saturated carbocycles. The second-order valence-electron chi connectivity index (χ2n) is 10.3. The predicted octanol–water partition coefficient (Wildman–Crippen LogP) is 5.54. The summed E-state index contributed by atoms with van der Waals surface area (Å²) >= 11 is 1.56. The van der Waals surface area contributed by atoms with Gasteiger partial charge in [0.25, 0.3) is 5.91 Å². The van der Waals surface area contributed by atoms with Crippen molar-refractivity contribution in [3.05, 3.63) is 72.2 Å². The lowest BCUT2D eigenvalue weighted by molar-refractivity contribution is -0.128. The first-order valence-corrected chi connectivity index (χ1v) is 15.6. The Morgan fingerprint density at radius 3 is 2.71 bits per heavy atom. The number of unbranched alkanes of at least 4 members (excludes halogenated alkanes) is 1. The third kappa shape index (κ3) is 7.11. The number of methoxy groups -OCH3 is 1. The van der Waals surface area contributed by atoms with E-state index in [2.05, 4.69) is 25.6 Å². The van der Waals surface area contributed by atoms with Crippen LogP contribution in [-0.4, -0.2) is 59.9 Å². The number of carbonyl (C=O) groups is 2. The minimum absolute atomic E-state index is 0.0215. The average Bonchev–Trinajstić information content (AvgIpc) is 3.53. The molecule has 2 aromatic heterocycles. The van der Waals surface area contributed by atoms with Crippen LogP contribution >= 0.6 is 11.8 Å². The number of para-hydroxylation sites is 1. The second-order valence-corrected chi connectivity index (χ2v) is 11.2. The maximum atomic E-state index is 13.2. The SMILES string of the molecule is COc1nc2ccccc2cc1-c1cnc([C@H](CCCCNC(=O)c2ccccc2SC)NC(=O)C2CCOCC2)[nH]1. The number of ether oxygens (including phenoxy) is 2. The van der Waals surface area contributed by atoms with Gasteiger partial charge in [0.2, 0.25) is 11.8 Å². The van der Waals surface area contributed by atoms with E-state index in [1.165, 1.54) is 0 Å². The molecule has 0 spiro atoms. The van der Waals surface area contributed by atoms with Crippen molar-refractivity contribution in [1.82, 2.24) is 25.6 Å². The number of nitrogens with zero attached hydrogens (tertiary/aromatic N) is 2. The number of carbonyl (C=O) groups excluding carboxylic acids is 2. The Balaban J connectivity index is 1.28. The molecule has 2 aromatic carbocycles. The summed E-state index contributed by atoms with van der Waals surface area (Å²) in [7, 11) is 1.60. The lowest BCUT2D eigenvalue weighted by Gasteiger charge is -2.24. The average molecular weight is 588 g/mol. The molecule has 0 aliphatic carbocycles. The first kappa shape index (κ1) is 29.6. The Morgan fingerprint density at radius 1 is 1.12 bits per heavy atom. The van der Waals surface area contributed by atoms with Gasteiger partial charge in [-0.15, -0.1) is 11.8 Å². The molecule has 4 aromatic rings.